The summed E-state index contributed by atoms with van der Waals surface area (Å²) in [5, 5.41) is 7.61. The van der Waals surface area contributed by atoms with Crippen molar-refractivity contribution >= 4 is 28.6 Å². The van der Waals surface area contributed by atoms with Crippen LogP contribution >= 0.6 is 0 Å². The Balaban J connectivity index is 2.10. The van der Waals surface area contributed by atoms with E-state index in [4.69, 9.17) is 11.5 Å². The number of fused-ring (bicyclic) bond motifs is 1. The van der Waals surface area contributed by atoms with Gasteiger partial charge >= 0.3 is 0 Å². The molecular weight excluding hydrogens is 282 g/mol. The Kier molecular flexibility index (Phi) is 3.45. The lowest BCUT2D eigenvalue weighted by molar-refractivity contribution is 0.663. The minimum absolute atomic E-state index is 0.119. The second-order valence-corrected chi connectivity index (χ2v) is 4.83. The van der Waals surface area contributed by atoms with Gasteiger partial charge < -0.3 is 16.4 Å². The molecule has 0 saturated carbocycles. The zero-order valence-electron chi connectivity index (χ0n) is 12.4. The van der Waals surface area contributed by atoms with Gasteiger partial charge in [-0.05, 0) is 13.8 Å². The van der Waals surface area contributed by atoms with E-state index in [2.05, 4.69) is 30.1 Å². The van der Waals surface area contributed by atoms with Crippen LogP contribution in [0.3, 0.4) is 0 Å². The van der Waals surface area contributed by atoms with E-state index in [-0.39, 0.29) is 12.0 Å². The number of anilines is 3. The number of nitrogens with zero attached hydrogens (tertiary/aromatic N) is 6. The van der Waals surface area contributed by atoms with Crippen LogP contribution in [0.1, 0.15) is 25.6 Å². The lowest BCUT2D eigenvalue weighted by atomic mass is 10.2. The number of rotatable bonds is 4. The van der Waals surface area contributed by atoms with Crippen LogP contribution in [-0.4, -0.2) is 36.7 Å². The minimum atomic E-state index is -0.119. The first-order valence-corrected chi connectivity index (χ1v) is 6.91. The molecule has 3 aromatic rings. The highest BCUT2D eigenvalue weighted by molar-refractivity contribution is 5.87. The number of hydrogen-bond acceptors (Lipinski definition) is 8. The summed E-state index contributed by atoms with van der Waals surface area (Å²) in [6, 6.07) is -0.119. The van der Waals surface area contributed by atoms with E-state index in [1.165, 1.54) is 0 Å². The Morgan fingerprint density at radius 1 is 1.23 bits per heavy atom. The van der Waals surface area contributed by atoms with Crippen LogP contribution < -0.4 is 16.4 Å². The fourth-order valence-corrected chi connectivity index (χ4v) is 2.49. The Morgan fingerprint density at radius 3 is 2.73 bits per heavy atom. The lowest BCUT2D eigenvalue weighted by Crippen LogP contribution is -2.29. The quantitative estimate of drug-likeness (QED) is 0.646. The molecule has 22 heavy (non-hydrogen) atoms. The molecule has 0 aliphatic rings. The third-order valence-electron chi connectivity index (χ3n) is 3.54. The van der Waals surface area contributed by atoms with Crippen LogP contribution in [-0.2, 0) is 0 Å². The summed E-state index contributed by atoms with van der Waals surface area (Å²) < 4.78 is 0. The number of nitrogens with one attached hydrogen (secondary N) is 1. The maximum absolute atomic E-state index is 5.94. The molecule has 3 rings (SSSR count). The average molecular weight is 299 g/mol. The van der Waals surface area contributed by atoms with Gasteiger partial charge in [0.15, 0.2) is 5.65 Å². The first-order valence-electron chi connectivity index (χ1n) is 6.91. The summed E-state index contributed by atoms with van der Waals surface area (Å²) in [5.74, 6) is 1.28. The van der Waals surface area contributed by atoms with Gasteiger partial charge in [0.25, 0.3) is 0 Å². The molecule has 5 N–H and O–H groups in total. The van der Waals surface area contributed by atoms with Gasteiger partial charge in [-0.25, -0.2) is 4.98 Å². The second-order valence-electron chi connectivity index (χ2n) is 4.83. The van der Waals surface area contributed by atoms with Gasteiger partial charge in [0.1, 0.15) is 17.3 Å². The Hall–Kier alpha value is -2.97. The average Bonchev–Trinajstić information content (AvgIpc) is 2.96. The molecule has 0 radical (unpaired) electrons. The maximum atomic E-state index is 5.94. The molecule has 0 amide bonds. The van der Waals surface area contributed by atoms with Gasteiger partial charge in [0.2, 0.25) is 5.95 Å². The fourth-order valence-electron chi connectivity index (χ4n) is 2.49. The van der Waals surface area contributed by atoms with Crippen molar-refractivity contribution in [1.82, 2.24) is 30.1 Å². The molecule has 0 spiro atoms. The van der Waals surface area contributed by atoms with Gasteiger partial charge in [-0.2, -0.15) is 15.1 Å². The SMILES string of the molecule is CCN(c1nc(N)nc2[nH]ncc12)C(C)c1nccnc1N. The number of H-pyrrole nitrogens is 1. The number of aromatic nitrogens is 6. The molecule has 0 bridgehead atoms. The van der Waals surface area contributed by atoms with Crippen LogP contribution in [0.4, 0.5) is 17.6 Å². The topological polar surface area (TPSA) is 136 Å². The van der Waals surface area contributed by atoms with E-state index >= 15 is 0 Å². The summed E-state index contributed by atoms with van der Waals surface area (Å²) in [6.07, 6.45) is 4.87. The summed E-state index contributed by atoms with van der Waals surface area (Å²) in [5.41, 5.74) is 13.0. The highest BCUT2D eigenvalue weighted by Crippen LogP contribution is 2.30. The van der Waals surface area contributed by atoms with Crippen LogP contribution in [0.15, 0.2) is 18.6 Å². The van der Waals surface area contributed by atoms with E-state index in [0.717, 1.165) is 5.39 Å². The first-order chi connectivity index (χ1) is 10.6. The molecular formula is C13H17N9. The molecule has 0 saturated heterocycles. The van der Waals surface area contributed by atoms with Gasteiger partial charge in [-0.1, -0.05) is 0 Å². The number of hydrogen-bond donors (Lipinski definition) is 3. The largest absolute Gasteiger partial charge is 0.382 e. The van der Waals surface area contributed by atoms with Crippen molar-refractivity contribution in [2.24, 2.45) is 0 Å². The molecule has 9 nitrogen and oxygen atoms in total. The predicted octanol–water partition coefficient (Wildman–Crippen LogP) is 0.895. The minimum Gasteiger partial charge on any atom is -0.382 e. The Bertz CT molecular complexity index is 797. The van der Waals surface area contributed by atoms with Crippen molar-refractivity contribution in [2.75, 3.05) is 22.9 Å². The molecule has 3 aromatic heterocycles. The molecule has 1 atom stereocenters. The van der Waals surface area contributed by atoms with Gasteiger partial charge in [-0.3, -0.25) is 10.1 Å². The normalized spacial score (nSPS) is 12.5. The summed E-state index contributed by atoms with van der Waals surface area (Å²) in [6.45, 7) is 4.70. The Labute approximate surface area is 126 Å². The number of nitrogens with two attached hydrogens (primary N) is 2. The van der Waals surface area contributed by atoms with Crippen molar-refractivity contribution in [3.05, 3.63) is 24.3 Å². The third-order valence-corrected chi connectivity index (χ3v) is 3.54. The maximum Gasteiger partial charge on any atom is 0.224 e. The molecule has 9 heteroatoms. The lowest BCUT2D eigenvalue weighted by Gasteiger charge is -2.29. The number of nitrogen functional groups attached to an aromatic ring is 2. The van der Waals surface area contributed by atoms with Gasteiger partial charge in [0.05, 0.1) is 17.6 Å². The third kappa shape index (κ3) is 2.26. The standard InChI is InChI=1S/C13H17N9/c1-3-22(7(2)9-10(14)17-5-4-16-9)12-8-6-18-21-11(8)19-13(15)20-12/h4-7H,3H2,1-2H3,(H2,14,17)(H3,15,18,19,20,21). The molecule has 0 fully saturated rings. The van der Waals surface area contributed by atoms with Crippen molar-refractivity contribution < 1.29 is 0 Å². The van der Waals surface area contributed by atoms with Crippen LogP contribution in [0.2, 0.25) is 0 Å². The van der Waals surface area contributed by atoms with E-state index < -0.39 is 0 Å². The van der Waals surface area contributed by atoms with Crippen LogP contribution in [0, 0.1) is 0 Å². The molecule has 0 aliphatic carbocycles. The first kappa shape index (κ1) is 14.0. The van der Waals surface area contributed by atoms with Gasteiger partial charge in [-0.15, -0.1) is 0 Å². The van der Waals surface area contributed by atoms with Crippen molar-refractivity contribution in [1.29, 1.82) is 0 Å². The highest BCUT2D eigenvalue weighted by atomic mass is 15.3. The van der Waals surface area contributed by atoms with Gasteiger partial charge in [0, 0.05) is 18.9 Å². The van der Waals surface area contributed by atoms with E-state index in [9.17, 15) is 0 Å². The fraction of sp³-hybridized carbons (Fsp3) is 0.308. The van der Waals surface area contributed by atoms with E-state index in [0.29, 0.717) is 29.5 Å². The van der Waals surface area contributed by atoms with Crippen molar-refractivity contribution in [3.63, 3.8) is 0 Å². The predicted molar refractivity (Wildman–Crippen MR) is 84.0 cm³/mol. The van der Waals surface area contributed by atoms with Crippen LogP contribution in [0.25, 0.3) is 11.0 Å². The van der Waals surface area contributed by atoms with Crippen LogP contribution in [0.5, 0.6) is 0 Å². The van der Waals surface area contributed by atoms with E-state index in [1.54, 1.807) is 18.6 Å². The number of aromatic amines is 1. The van der Waals surface area contributed by atoms with E-state index in [1.807, 2.05) is 18.7 Å². The van der Waals surface area contributed by atoms with Crippen molar-refractivity contribution in [2.45, 2.75) is 19.9 Å². The summed E-state index contributed by atoms with van der Waals surface area (Å²) in [7, 11) is 0. The Morgan fingerprint density at radius 2 is 2.00 bits per heavy atom. The second kappa shape index (κ2) is 5.43. The summed E-state index contributed by atoms with van der Waals surface area (Å²) >= 11 is 0. The van der Waals surface area contributed by atoms with Crippen molar-refractivity contribution in [3.8, 4) is 0 Å². The summed E-state index contributed by atoms with van der Waals surface area (Å²) in [4.78, 5) is 19.0. The highest BCUT2D eigenvalue weighted by Gasteiger charge is 2.23. The molecule has 114 valence electrons. The molecule has 3 heterocycles. The zero-order valence-corrected chi connectivity index (χ0v) is 12.4. The molecule has 0 aliphatic heterocycles. The molecule has 1 unspecified atom stereocenters. The smallest absolute Gasteiger partial charge is 0.224 e. The zero-order chi connectivity index (χ0) is 15.7. The monoisotopic (exact) mass is 299 g/mol. The molecule has 0 aromatic carbocycles.